The Labute approximate surface area is 101 Å². The summed E-state index contributed by atoms with van der Waals surface area (Å²) < 4.78 is 4.93. The molecule has 1 aromatic rings. The van der Waals surface area contributed by atoms with E-state index in [0.29, 0.717) is 13.2 Å². The Balaban J connectivity index is 1.77. The van der Waals surface area contributed by atoms with Crippen molar-refractivity contribution >= 4 is 17.5 Å². The minimum absolute atomic E-state index is 0.237. The predicted molar refractivity (Wildman–Crippen MR) is 66.6 cm³/mol. The molecule has 1 amide bonds. The summed E-state index contributed by atoms with van der Waals surface area (Å²) in [7, 11) is 0. The lowest BCUT2D eigenvalue weighted by Crippen LogP contribution is -2.23. The molecule has 0 unspecified atom stereocenters. The fraction of sp³-hybridized carbons (Fsp3) is 0.462. The molecule has 0 radical (unpaired) electrons. The lowest BCUT2D eigenvalue weighted by Gasteiger charge is -2.19. The lowest BCUT2D eigenvalue weighted by molar-refractivity contribution is 0.181. The first-order valence-electron chi connectivity index (χ1n) is 6.14. The van der Waals surface area contributed by atoms with Gasteiger partial charge in [0.1, 0.15) is 6.61 Å². The van der Waals surface area contributed by atoms with Gasteiger partial charge in [0.05, 0.1) is 6.54 Å². The van der Waals surface area contributed by atoms with Crippen molar-refractivity contribution in [2.75, 3.05) is 36.0 Å². The van der Waals surface area contributed by atoms with Gasteiger partial charge in [0.25, 0.3) is 0 Å². The lowest BCUT2D eigenvalue weighted by atomic mass is 10.2. The molecule has 4 heteroatoms. The van der Waals surface area contributed by atoms with Crippen molar-refractivity contribution in [1.29, 1.82) is 0 Å². The molecule has 2 aliphatic heterocycles. The van der Waals surface area contributed by atoms with Crippen LogP contribution < -0.4 is 9.80 Å². The Morgan fingerprint density at radius 3 is 2.18 bits per heavy atom. The Hall–Kier alpha value is -1.71. The van der Waals surface area contributed by atoms with Gasteiger partial charge in [-0.15, -0.1) is 0 Å². The zero-order valence-electron chi connectivity index (χ0n) is 9.76. The van der Waals surface area contributed by atoms with Gasteiger partial charge in [0, 0.05) is 24.5 Å². The first-order chi connectivity index (χ1) is 8.34. The quantitative estimate of drug-likeness (QED) is 0.784. The largest absolute Gasteiger partial charge is 0.447 e. The number of carbonyl (C=O) groups is 1. The number of amides is 1. The summed E-state index contributed by atoms with van der Waals surface area (Å²) in [5, 5.41) is 0. The number of cyclic esters (lactones) is 1. The second-order valence-electron chi connectivity index (χ2n) is 4.48. The summed E-state index contributed by atoms with van der Waals surface area (Å²) in [6.45, 7) is 3.44. The SMILES string of the molecule is O=C1OCCN1c1ccc(N2CCCC2)cc1. The van der Waals surface area contributed by atoms with Crippen LogP contribution in [0.1, 0.15) is 12.8 Å². The molecule has 1 aromatic carbocycles. The van der Waals surface area contributed by atoms with E-state index in [2.05, 4.69) is 17.0 Å². The Bertz CT molecular complexity index is 410. The zero-order valence-corrected chi connectivity index (χ0v) is 9.76. The number of ether oxygens (including phenoxy) is 1. The molecular formula is C13H16N2O2. The van der Waals surface area contributed by atoms with Crippen LogP contribution in [0.4, 0.5) is 16.2 Å². The van der Waals surface area contributed by atoms with E-state index in [-0.39, 0.29) is 6.09 Å². The van der Waals surface area contributed by atoms with Crippen LogP contribution in [0.15, 0.2) is 24.3 Å². The Kier molecular flexibility index (Phi) is 2.63. The van der Waals surface area contributed by atoms with Gasteiger partial charge in [-0.2, -0.15) is 0 Å². The van der Waals surface area contributed by atoms with Crippen molar-refractivity contribution in [2.24, 2.45) is 0 Å². The van der Waals surface area contributed by atoms with Crippen LogP contribution >= 0.6 is 0 Å². The molecule has 0 spiro atoms. The number of rotatable bonds is 2. The number of carbonyl (C=O) groups excluding carboxylic acids is 1. The van der Waals surface area contributed by atoms with Gasteiger partial charge in [0.15, 0.2) is 0 Å². The van der Waals surface area contributed by atoms with E-state index >= 15 is 0 Å². The molecule has 4 nitrogen and oxygen atoms in total. The van der Waals surface area contributed by atoms with E-state index in [1.807, 2.05) is 12.1 Å². The smallest absolute Gasteiger partial charge is 0.414 e. The van der Waals surface area contributed by atoms with E-state index in [0.717, 1.165) is 18.8 Å². The average Bonchev–Trinajstić information content (AvgIpc) is 3.00. The molecule has 90 valence electrons. The molecular weight excluding hydrogens is 216 g/mol. The summed E-state index contributed by atoms with van der Waals surface area (Å²) >= 11 is 0. The maximum absolute atomic E-state index is 11.4. The van der Waals surface area contributed by atoms with E-state index in [1.54, 1.807) is 4.90 Å². The van der Waals surface area contributed by atoms with Gasteiger partial charge in [-0.1, -0.05) is 0 Å². The molecule has 0 aliphatic carbocycles. The molecule has 2 saturated heterocycles. The van der Waals surface area contributed by atoms with E-state index in [1.165, 1.54) is 18.5 Å². The normalized spacial score (nSPS) is 19.9. The molecule has 0 N–H and O–H groups in total. The highest BCUT2D eigenvalue weighted by Crippen LogP contribution is 2.25. The Morgan fingerprint density at radius 2 is 1.59 bits per heavy atom. The fourth-order valence-electron chi connectivity index (χ4n) is 2.45. The fourth-order valence-corrected chi connectivity index (χ4v) is 2.45. The standard InChI is InChI=1S/C13H16N2O2/c16-13-15(9-10-17-13)12-5-3-11(4-6-12)14-7-1-2-8-14/h3-6H,1-2,7-10H2. The third-order valence-electron chi connectivity index (χ3n) is 3.39. The molecule has 3 rings (SSSR count). The maximum atomic E-state index is 11.4. The van der Waals surface area contributed by atoms with Crippen LogP contribution in [0, 0.1) is 0 Å². The molecule has 2 heterocycles. The third kappa shape index (κ3) is 1.95. The summed E-state index contributed by atoms with van der Waals surface area (Å²) in [6, 6.07) is 8.18. The van der Waals surface area contributed by atoms with Gasteiger partial charge >= 0.3 is 6.09 Å². The van der Waals surface area contributed by atoms with Crippen LogP contribution in [-0.2, 0) is 4.74 Å². The number of benzene rings is 1. The van der Waals surface area contributed by atoms with E-state index in [9.17, 15) is 4.79 Å². The summed E-state index contributed by atoms with van der Waals surface area (Å²) in [5.41, 5.74) is 2.18. The van der Waals surface area contributed by atoms with Gasteiger partial charge in [-0.3, -0.25) is 4.90 Å². The number of hydrogen-bond acceptors (Lipinski definition) is 3. The monoisotopic (exact) mass is 232 g/mol. The van der Waals surface area contributed by atoms with Crippen LogP contribution in [0.3, 0.4) is 0 Å². The van der Waals surface area contributed by atoms with Crippen molar-refractivity contribution in [3.05, 3.63) is 24.3 Å². The molecule has 0 aromatic heterocycles. The molecule has 17 heavy (non-hydrogen) atoms. The highest BCUT2D eigenvalue weighted by atomic mass is 16.6. The number of nitrogens with zero attached hydrogens (tertiary/aromatic N) is 2. The van der Waals surface area contributed by atoms with Crippen LogP contribution in [0.2, 0.25) is 0 Å². The van der Waals surface area contributed by atoms with Crippen molar-refractivity contribution in [2.45, 2.75) is 12.8 Å². The van der Waals surface area contributed by atoms with Crippen LogP contribution in [0.5, 0.6) is 0 Å². The van der Waals surface area contributed by atoms with Crippen molar-refractivity contribution in [3.8, 4) is 0 Å². The van der Waals surface area contributed by atoms with E-state index in [4.69, 9.17) is 4.74 Å². The second-order valence-corrected chi connectivity index (χ2v) is 4.48. The van der Waals surface area contributed by atoms with Crippen LogP contribution in [0.25, 0.3) is 0 Å². The summed E-state index contributed by atoms with van der Waals surface area (Å²) in [6.07, 6.45) is 2.32. The minimum Gasteiger partial charge on any atom is -0.447 e. The van der Waals surface area contributed by atoms with Gasteiger partial charge in [-0.05, 0) is 37.1 Å². The zero-order chi connectivity index (χ0) is 11.7. The molecule has 2 fully saturated rings. The molecule has 0 bridgehead atoms. The van der Waals surface area contributed by atoms with Gasteiger partial charge in [-0.25, -0.2) is 4.79 Å². The van der Waals surface area contributed by atoms with Crippen molar-refractivity contribution in [3.63, 3.8) is 0 Å². The summed E-state index contributed by atoms with van der Waals surface area (Å²) in [5.74, 6) is 0. The molecule has 0 atom stereocenters. The maximum Gasteiger partial charge on any atom is 0.414 e. The van der Waals surface area contributed by atoms with Crippen LogP contribution in [-0.4, -0.2) is 32.3 Å². The first-order valence-corrected chi connectivity index (χ1v) is 6.14. The first kappa shape index (κ1) is 10.4. The van der Waals surface area contributed by atoms with Crippen molar-refractivity contribution < 1.29 is 9.53 Å². The highest BCUT2D eigenvalue weighted by molar-refractivity contribution is 5.89. The number of hydrogen-bond donors (Lipinski definition) is 0. The molecule has 2 aliphatic rings. The minimum atomic E-state index is -0.237. The number of anilines is 2. The molecule has 0 saturated carbocycles. The van der Waals surface area contributed by atoms with Gasteiger partial charge < -0.3 is 9.64 Å². The van der Waals surface area contributed by atoms with Gasteiger partial charge in [0.2, 0.25) is 0 Å². The third-order valence-corrected chi connectivity index (χ3v) is 3.39. The second kappa shape index (κ2) is 4.28. The summed E-state index contributed by atoms with van der Waals surface area (Å²) in [4.78, 5) is 15.5. The topological polar surface area (TPSA) is 32.8 Å². The van der Waals surface area contributed by atoms with Crippen molar-refractivity contribution in [1.82, 2.24) is 0 Å². The predicted octanol–water partition coefficient (Wildman–Crippen LogP) is 2.24. The highest BCUT2D eigenvalue weighted by Gasteiger charge is 2.23. The Morgan fingerprint density at radius 1 is 0.941 bits per heavy atom. The van der Waals surface area contributed by atoms with E-state index < -0.39 is 0 Å². The average molecular weight is 232 g/mol.